The van der Waals surface area contributed by atoms with E-state index in [-0.39, 0.29) is 5.91 Å². The Labute approximate surface area is 210 Å². The van der Waals surface area contributed by atoms with E-state index in [1.54, 1.807) is 11.6 Å². The maximum atomic E-state index is 13.5. The van der Waals surface area contributed by atoms with Crippen LogP contribution in [0.25, 0.3) is 11.0 Å². The lowest BCUT2D eigenvalue weighted by atomic mass is 10.0. The van der Waals surface area contributed by atoms with E-state index in [0.717, 1.165) is 65.8 Å². The van der Waals surface area contributed by atoms with Crippen LogP contribution in [-0.2, 0) is 0 Å². The smallest absolute Gasteiger partial charge is 0.274 e. The highest BCUT2D eigenvalue weighted by atomic mass is 16.5. The van der Waals surface area contributed by atoms with Crippen LogP contribution in [0.15, 0.2) is 30.6 Å². The predicted molar refractivity (Wildman–Crippen MR) is 140 cm³/mol. The second-order valence-electron chi connectivity index (χ2n) is 10.1. The first-order chi connectivity index (χ1) is 17.4. The number of amides is 1. The van der Waals surface area contributed by atoms with E-state index in [4.69, 9.17) is 4.74 Å². The molecule has 1 amide bonds. The van der Waals surface area contributed by atoms with Crippen LogP contribution in [0.5, 0.6) is 5.75 Å². The van der Waals surface area contributed by atoms with Crippen LogP contribution in [0.4, 0.5) is 11.4 Å². The van der Waals surface area contributed by atoms with Gasteiger partial charge in [-0.15, -0.1) is 0 Å². The summed E-state index contributed by atoms with van der Waals surface area (Å²) in [5, 5.41) is 11.5. The number of aromatic nitrogens is 4. The summed E-state index contributed by atoms with van der Waals surface area (Å²) in [4.78, 5) is 20.5. The topological polar surface area (TPSA) is 88.2 Å². The van der Waals surface area contributed by atoms with Crippen LogP contribution in [-0.4, -0.2) is 57.2 Å². The molecule has 6 rings (SSSR count). The van der Waals surface area contributed by atoms with Crippen LogP contribution in [0.1, 0.15) is 53.3 Å². The van der Waals surface area contributed by atoms with Crippen molar-refractivity contribution in [3.63, 3.8) is 0 Å². The first-order valence-electron chi connectivity index (χ1n) is 12.8. The molecule has 0 spiro atoms. The van der Waals surface area contributed by atoms with Gasteiger partial charge in [-0.05, 0) is 64.7 Å². The molecule has 0 aromatic carbocycles. The quantitative estimate of drug-likeness (QED) is 0.429. The van der Waals surface area contributed by atoms with Crippen molar-refractivity contribution < 1.29 is 9.53 Å². The molecule has 2 aliphatic rings. The molecule has 9 nitrogen and oxygen atoms in total. The zero-order valence-electron chi connectivity index (χ0n) is 21.3. The van der Waals surface area contributed by atoms with Crippen molar-refractivity contribution in [2.45, 2.75) is 58.5 Å². The SMILES string of the molecule is COc1c(NC(=O)c2ccc(N3CCC(NC4CC4)CC3)c3cc(C)nn23)cn2cc(C)nc(C)c12. The monoisotopic (exact) mass is 487 g/mol. The number of hydrogen-bond donors (Lipinski definition) is 2. The lowest BCUT2D eigenvalue weighted by Gasteiger charge is -2.34. The Hall–Kier alpha value is -3.59. The molecular formula is C27H33N7O2. The molecule has 0 radical (unpaired) electrons. The summed E-state index contributed by atoms with van der Waals surface area (Å²) in [6.45, 7) is 7.85. The second kappa shape index (κ2) is 8.81. The molecule has 0 bridgehead atoms. The molecule has 36 heavy (non-hydrogen) atoms. The molecule has 4 aromatic rings. The van der Waals surface area contributed by atoms with Crippen molar-refractivity contribution in [3.8, 4) is 5.75 Å². The van der Waals surface area contributed by atoms with Gasteiger partial charge in [0, 0.05) is 37.6 Å². The van der Waals surface area contributed by atoms with Gasteiger partial charge < -0.3 is 24.7 Å². The van der Waals surface area contributed by atoms with Gasteiger partial charge in [0.05, 0.1) is 35.4 Å². The van der Waals surface area contributed by atoms with Crippen molar-refractivity contribution in [3.05, 3.63) is 53.4 Å². The number of aryl methyl sites for hydroxylation is 3. The molecule has 0 atom stereocenters. The van der Waals surface area contributed by atoms with Crippen LogP contribution in [0, 0.1) is 20.8 Å². The van der Waals surface area contributed by atoms with E-state index >= 15 is 0 Å². The number of carbonyl (C=O) groups is 1. The van der Waals surface area contributed by atoms with E-state index in [1.165, 1.54) is 12.8 Å². The van der Waals surface area contributed by atoms with Gasteiger partial charge in [0.2, 0.25) is 0 Å². The molecule has 1 aliphatic heterocycles. The van der Waals surface area contributed by atoms with Crippen LogP contribution in [0.2, 0.25) is 0 Å². The summed E-state index contributed by atoms with van der Waals surface area (Å²) in [7, 11) is 1.61. The maximum Gasteiger partial charge on any atom is 0.274 e. The Kier molecular flexibility index (Phi) is 5.59. The number of piperidine rings is 1. The first kappa shape index (κ1) is 22.8. The highest BCUT2D eigenvalue weighted by Gasteiger charge is 2.28. The van der Waals surface area contributed by atoms with Gasteiger partial charge in [0.15, 0.2) is 5.75 Å². The van der Waals surface area contributed by atoms with Crippen molar-refractivity contribution in [2.24, 2.45) is 0 Å². The number of ether oxygens (including phenoxy) is 1. The zero-order valence-corrected chi connectivity index (χ0v) is 21.3. The third-order valence-corrected chi connectivity index (χ3v) is 7.29. The Morgan fingerprint density at radius 1 is 1.03 bits per heavy atom. The lowest BCUT2D eigenvalue weighted by molar-refractivity contribution is 0.101. The highest BCUT2D eigenvalue weighted by molar-refractivity contribution is 6.05. The van der Waals surface area contributed by atoms with Gasteiger partial charge in [-0.2, -0.15) is 5.10 Å². The predicted octanol–water partition coefficient (Wildman–Crippen LogP) is 3.89. The lowest BCUT2D eigenvalue weighted by Crippen LogP contribution is -2.43. The minimum atomic E-state index is -0.237. The van der Waals surface area contributed by atoms with Crippen LogP contribution >= 0.6 is 0 Å². The number of nitrogens with one attached hydrogen (secondary N) is 2. The fraction of sp³-hybridized carbons (Fsp3) is 0.444. The third kappa shape index (κ3) is 4.07. The summed E-state index contributed by atoms with van der Waals surface area (Å²) in [6.07, 6.45) is 8.70. The van der Waals surface area contributed by atoms with E-state index in [2.05, 4.69) is 37.7 Å². The number of anilines is 2. The van der Waals surface area contributed by atoms with Crippen molar-refractivity contribution in [2.75, 3.05) is 30.4 Å². The minimum absolute atomic E-state index is 0.237. The summed E-state index contributed by atoms with van der Waals surface area (Å²) < 4.78 is 9.39. The van der Waals surface area contributed by atoms with Gasteiger partial charge in [0.25, 0.3) is 5.91 Å². The van der Waals surface area contributed by atoms with Gasteiger partial charge in [-0.3, -0.25) is 9.78 Å². The Bertz CT molecular complexity index is 1460. The van der Waals surface area contributed by atoms with Crippen molar-refractivity contribution in [1.29, 1.82) is 0 Å². The molecule has 188 valence electrons. The van der Waals surface area contributed by atoms with E-state index in [1.807, 2.05) is 43.6 Å². The highest BCUT2D eigenvalue weighted by Crippen LogP contribution is 2.34. The minimum Gasteiger partial charge on any atom is -0.492 e. The largest absolute Gasteiger partial charge is 0.492 e. The average molecular weight is 488 g/mol. The number of nitrogens with zero attached hydrogens (tertiary/aromatic N) is 5. The molecule has 2 N–H and O–H groups in total. The molecule has 1 saturated heterocycles. The Morgan fingerprint density at radius 3 is 2.50 bits per heavy atom. The molecular weight excluding hydrogens is 454 g/mol. The summed E-state index contributed by atoms with van der Waals surface area (Å²) in [5.41, 5.74) is 6.63. The maximum absolute atomic E-state index is 13.5. The first-order valence-corrected chi connectivity index (χ1v) is 12.8. The molecule has 5 heterocycles. The molecule has 2 fully saturated rings. The molecule has 0 unspecified atom stereocenters. The van der Waals surface area contributed by atoms with E-state index in [0.29, 0.717) is 23.2 Å². The number of carbonyl (C=O) groups excluding carboxylic acids is 1. The fourth-order valence-corrected chi connectivity index (χ4v) is 5.48. The molecule has 9 heteroatoms. The van der Waals surface area contributed by atoms with Crippen LogP contribution < -0.4 is 20.3 Å². The van der Waals surface area contributed by atoms with E-state index in [9.17, 15) is 4.79 Å². The number of methoxy groups -OCH3 is 1. The second-order valence-corrected chi connectivity index (χ2v) is 10.1. The van der Waals surface area contributed by atoms with E-state index < -0.39 is 0 Å². The van der Waals surface area contributed by atoms with Gasteiger partial charge in [0.1, 0.15) is 16.9 Å². The number of fused-ring (bicyclic) bond motifs is 2. The third-order valence-electron chi connectivity index (χ3n) is 7.29. The standard InChI is InChI=1S/C27H33N7O2/c1-16-13-24-22(32-11-9-20(10-12-32)29-19-5-6-19)7-8-23(34(24)31-16)27(35)30-21-15-33-14-17(2)28-18(3)25(33)26(21)36-4/h7-8,13-15,19-20,29H,5-6,9-12H2,1-4H3,(H,30,35). The summed E-state index contributed by atoms with van der Waals surface area (Å²) in [6, 6.07) is 7.34. The molecule has 4 aromatic heterocycles. The van der Waals surface area contributed by atoms with Gasteiger partial charge in [-0.1, -0.05) is 0 Å². The zero-order chi connectivity index (χ0) is 25.0. The summed E-state index contributed by atoms with van der Waals surface area (Å²) in [5.74, 6) is 0.360. The van der Waals surface area contributed by atoms with Crippen molar-refractivity contribution >= 4 is 28.3 Å². The number of pyridine rings is 1. The Morgan fingerprint density at radius 2 is 1.78 bits per heavy atom. The van der Waals surface area contributed by atoms with Crippen molar-refractivity contribution in [1.82, 2.24) is 24.3 Å². The summed E-state index contributed by atoms with van der Waals surface area (Å²) >= 11 is 0. The van der Waals surface area contributed by atoms with Gasteiger partial charge >= 0.3 is 0 Å². The Balaban J connectivity index is 1.29. The van der Waals surface area contributed by atoms with Crippen LogP contribution in [0.3, 0.4) is 0 Å². The number of hydrogen-bond acceptors (Lipinski definition) is 6. The molecule has 1 aliphatic carbocycles. The number of rotatable bonds is 6. The normalized spacial score (nSPS) is 16.7. The van der Waals surface area contributed by atoms with Gasteiger partial charge in [-0.25, -0.2) is 4.52 Å². The average Bonchev–Trinajstić information content (AvgIpc) is 3.46. The fourth-order valence-electron chi connectivity index (χ4n) is 5.48. The molecule has 1 saturated carbocycles.